The van der Waals surface area contributed by atoms with E-state index in [1.165, 1.54) is 18.4 Å². The van der Waals surface area contributed by atoms with Crippen LogP contribution in [0, 0.1) is 0 Å². The Hall–Kier alpha value is -1.68. The molecule has 4 heteroatoms. The van der Waals surface area contributed by atoms with Crippen LogP contribution >= 0.6 is 0 Å². The molecule has 1 aliphatic rings. The van der Waals surface area contributed by atoms with Gasteiger partial charge in [0.2, 0.25) is 5.78 Å². The molecule has 1 aromatic carbocycles. The van der Waals surface area contributed by atoms with Crippen molar-refractivity contribution in [2.75, 3.05) is 26.2 Å². The highest BCUT2D eigenvalue weighted by molar-refractivity contribution is 6.36. The van der Waals surface area contributed by atoms with Gasteiger partial charge in [0.15, 0.2) is 0 Å². The standard InChI is InChI=1S/C21H32N2O2/c1-2-3-4-5-9-12-20(24)21(25)22-14-16-23-15-13-19(17-23)18-10-7-6-8-11-18/h6-8,10-11,19H,2-5,9,12-17H2,1H3,(H,22,25). The first-order chi connectivity index (χ1) is 12.2. The zero-order valence-corrected chi connectivity index (χ0v) is 15.5. The summed E-state index contributed by atoms with van der Waals surface area (Å²) in [5.41, 5.74) is 1.40. The second-order valence-electron chi connectivity index (χ2n) is 7.04. The normalized spacial score (nSPS) is 17.6. The number of hydrogen-bond donors (Lipinski definition) is 1. The maximum atomic E-state index is 11.8. The SMILES string of the molecule is CCCCCCCC(=O)C(=O)NCCN1CCC(c2ccccc2)C1. The molecule has 1 fully saturated rings. The maximum absolute atomic E-state index is 11.8. The second-order valence-corrected chi connectivity index (χ2v) is 7.04. The fraction of sp³-hybridized carbons (Fsp3) is 0.619. The molecule has 25 heavy (non-hydrogen) atoms. The summed E-state index contributed by atoms with van der Waals surface area (Å²) in [4.78, 5) is 26.0. The van der Waals surface area contributed by atoms with E-state index >= 15 is 0 Å². The Morgan fingerprint density at radius 3 is 2.64 bits per heavy atom. The molecule has 1 heterocycles. The Bertz CT molecular complexity index is 530. The van der Waals surface area contributed by atoms with Crippen molar-refractivity contribution in [3.63, 3.8) is 0 Å². The number of nitrogens with one attached hydrogen (secondary N) is 1. The Morgan fingerprint density at radius 1 is 1.12 bits per heavy atom. The predicted octanol–water partition coefficient (Wildman–Crippen LogP) is 3.52. The van der Waals surface area contributed by atoms with Crippen LogP contribution < -0.4 is 5.32 Å². The maximum Gasteiger partial charge on any atom is 0.287 e. The molecule has 0 spiro atoms. The van der Waals surface area contributed by atoms with Gasteiger partial charge in [-0.05, 0) is 30.9 Å². The van der Waals surface area contributed by atoms with Crippen molar-refractivity contribution >= 4 is 11.7 Å². The lowest BCUT2D eigenvalue weighted by Crippen LogP contribution is -2.37. The molecule has 1 saturated heterocycles. The predicted molar refractivity (Wildman–Crippen MR) is 102 cm³/mol. The Kier molecular flexibility index (Phi) is 8.67. The molecule has 1 atom stereocenters. The number of likely N-dealkylation sites (tertiary alicyclic amines) is 1. The van der Waals surface area contributed by atoms with Gasteiger partial charge in [-0.3, -0.25) is 9.59 Å². The van der Waals surface area contributed by atoms with Crippen molar-refractivity contribution in [1.29, 1.82) is 0 Å². The summed E-state index contributed by atoms with van der Waals surface area (Å²) in [6.07, 6.45) is 6.97. The van der Waals surface area contributed by atoms with Crippen molar-refractivity contribution in [2.24, 2.45) is 0 Å². The lowest BCUT2D eigenvalue weighted by atomic mass is 9.99. The molecule has 1 aliphatic heterocycles. The molecule has 0 aliphatic carbocycles. The highest BCUT2D eigenvalue weighted by Crippen LogP contribution is 2.26. The third-order valence-corrected chi connectivity index (χ3v) is 5.02. The fourth-order valence-corrected chi connectivity index (χ4v) is 3.46. The van der Waals surface area contributed by atoms with E-state index in [2.05, 4.69) is 41.4 Å². The number of rotatable bonds is 11. The van der Waals surface area contributed by atoms with E-state index in [9.17, 15) is 9.59 Å². The van der Waals surface area contributed by atoms with Crippen LogP contribution in [-0.4, -0.2) is 42.8 Å². The van der Waals surface area contributed by atoms with Crippen molar-refractivity contribution in [2.45, 2.75) is 57.8 Å². The number of carbonyl (C=O) groups is 2. The van der Waals surface area contributed by atoms with E-state index < -0.39 is 5.91 Å². The molecule has 0 aromatic heterocycles. The smallest absolute Gasteiger partial charge is 0.287 e. The molecule has 0 bridgehead atoms. The minimum Gasteiger partial charge on any atom is -0.348 e. The molecule has 2 rings (SSSR count). The first-order valence-corrected chi connectivity index (χ1v) is 9.79. The minimum absolute atomic E-state index is 0.264. The van der Waals surface area contributed by atoms with Gasteiger partial charge in [-0.15, -0.1) is 0 Å². The van der Waals surface area contributed by atoms with Crippen LogP contribution in [0.25, 0.3) is 0 Å². The first-order valence-electron chi connectivity index (χ1n) is 9.79. The summed E-state index contributed by atoms with van der Waals surface area (Å²) in [5.74, 6) is -0.0870. The molecule has 1 unspecified atom stereocenters. The largest absolute Gasteiger partial charge is 0.348 e. The van der Waals surface area contributed by atoms with Crippen LogP contribution in [0.5, 0.6) is 0 Å². The summed E-state index contributed by atoms with van der Waals surface area (Å²) >= 11 is 0. The quantitative estimate of drug-likeness (QED) is 0.493. The number of Topliss-reactive ketones (excluding diaryl/α,β-unsaturated/α-hetero) is 1. The first kappa shape index (κ1) is 19.6. The lowest BCUT2D eigenvalue weighted by Gasteiger charge is -2.16. The average molecular weight is 344 g/mol. The van der Waals surface area contributed by atoms with Gasteiger partial charge < -0.3 is 10.2 Å². The van der Waals surface area contributed by atoms with Gasteiger partial charge in [-0.2, -0.15) is 0 Å². The highest BCUT2D eigenvalue weighted by Gasteiger charge is 2.23. The van der Waals surface area contributed by atoms with Crippen LogP contribution in [0.15, 0.2) is 30.3 Å². The zero-order chi connectivity index (χ0) is 17.9. The van der Waals surface area contributed by atoms with Gasteiger partial charge in [0, 0.05) is 26.1 Å². The van der Waals surface area contributed by atoms with Gasteiger partial charge in [0.05, 0.1) is 0 Å². The van der Waals surface area contributed by atoms with Crippen LogP contribution in [0.4, 0.5) is 0 Å². The van der Waals surface area contributed by atoms with E-state index in [4.69, 9.17) is 0 Å². The molecule has 0 radical (unpaired) electrons. The molecule has 4 nitrogen and oxygen atoms in total. The molecule has 1 aromatic rings. The Morgan fingerprint density at radius 2 is 1.88 bits per heavy atom. The van der Waals surface area contributed by atoms with Crippen molar-refractivity contribution in [1.82, 2.24) is 10.2 Å². The third kappa shape index (κ3) is 6.99. The molecule has 138 valence electrons. The minimum atomic E-state index is -0.408. The Balaban J connectivity index is 1.58. The van der Waals surface area contributed by atoms with E-state index in [0.717, 1.165) is 45.3 Å². The molecule has 1 N–H and O–H groups in total. The molecular formula is C21H32N2O2. The summed E-state index contributed by atoms with van der Waals surface area (Å²) in [6.45, 7) is 5.63. The summed E-state index contributed by atoms with van der Waals surface area (Å²) in [7, 11) is 0. The lowest BCUT2D eigenvalue weighted by molar-refractivity contribution is -0.138. The van der Waals surface area contributed by atoms with Gasteiger partial charge in [0.25, 0.3) is 5.91 Å². The number of benzene rings is 1. The third-order valence-electron chi connectivity index (χ3n) is 5.02. The van der Waals surface area contributed by atoms with E-state index in [0.29, 0.717) is 18.9 Å². The van der Waals surface area contributed by atoms with E-state index in [1.807, 2.05) is 6.07 Å². The topological polar surface area (TPSA) is 49.4 Å². The van der Waals surface area contributed by atoms with E-state index in [-0.39, 0.29) is 5.78 Å². The molecule has 0 saturated carbocycles. The monoisotopic (exact) mass is 344 g/mol. The van der Waals surface area contributed by atoms with Crippen molar-refractivity contribution < 1.29 is 9.59 Å². The fourth-order valence-electron chi connectivity index (χ4n) is 3.46. The summed E-state index contributed by atoms with van der Waals surface area (Å²) < 4.78 is 0. The number of hydrogen-bond acceptors (Lipinski definition) is 3. The van der Waals surface area contributed by atoms with Crippen LogP contribution in [0.2, 0.25) is 0 Å². The van der Waals surface area contributed by atoms with Gasteiger partial charge in [-0.25, -0.2) is 0 Å². The molecular weight excluding hydrogens is 312 g/mol. The summed E-state index contributed by atoms with van der Waals surface area (Å²) in [6, 6.07) is 10.6. The van der Waals surface area contributed by atoms with Gasteiger partial charge >= 0.3 is 0 Å². The number of unbranched alkanes of at least 4 members (excludes halogenated alkanes) is 4. The van der Waals surface area contributed by atoms with Crippen LogP contribution in [0.1, 0.15) is 63.4 Å². The van der Waals surface area contributed by atoms with Crippen molar-refractivity contribution in [3.8, 4) is 0 Å². The number of nitrogens with zero attached hydrogens (tertiary/aromatic N) is 1. The average Bonchev–Trinajstić information content (AvgIpc) is 3.11. The second kappa shape index (κ2) is 11.0. The number of carbonyl (C=O) groups excluding carboxylic acids is 2. The van der Waals surface area contributed by atoms with Gasteiger partial charge in [-0.1, -0.05) is 62.9 Å². The van der Waals surface area contributed by atoms with E-state index in [1.54, 1.807) is 0 Å². The van der Waals surface area contributed by atoms with Crippen LogP contribution in [-0.2, 0) is 9.59 Å². The van der Waals surface area contributed by atoms with Crippen LogP contribution in [0.3, 0.4) is 0 Å². The number of amides is 1. The van der Waals surface area contributed by atoms with Gasteiger partial charge in [0.1, 0.15) is 0 Å². The zero-order valence-electron chi connectivity index (χ0n) is 15.5. The highest BCUT2D eigenvalue weighted by atomic mass is 16.2. The molecule has 1 amide bonds. The summed E-state index contributed by atoms with van der Waals surface area (Å²) in [5, 5.41) is 2.79. The van der Waals surface area contributed by atoms with Crippen molar-refractivity contribution in [3.05, 3.63) is 35.9 Å². The number of ketones is 1. The Labute approximate surface area is 152 Å².